The third-order valence-electron chi connectivity index (χ3n) is 4.70. The summed E-state index contributed by atoms with van der Waals surface area (Å²) in [5.74, 6) is -0.419. The van der Waals surface area contributed by atoms with E-state index in [1.165, 1.54) is 6.33 Å². The molecule has 0 unspecified atom stereocenters. The van der Waals surface area contributed by atoms with Gasteiger partial charge in [-0.25, -0.2) is 9.78 Å². The van der Waals surface area contributed by atoms with E-state index in [0.717, 1.165) is 0 Å². The Morgan fingerprint density at radius 1 is 1.40 bits per heavy atom. The van der Waals surface area contributed by atoms with Gasteiger partial charge in [-0.2, -0.15) is 9.97 Å². The number of esters is 1. The van der Waals surface area contributed by atoms with Crippen LogP contribution in [0.25, 0.3) is 21.6 Å². The van der Waals surface area contributed by atoms with E-state index in [-0.39, 0.29) is 22.6 Å². The van der Waals surface area contributed by atoms with E-state index >= 15 is 0 Å². The summed E-state index contributed by atoms with van der Waals surface area (Å²) in [7, 11) is 0. The number of nitrogens with two attached hydrogens (primary N) is 2. The van der Waals surface area contributed by atoms with E-state index in [2.05, 4.69) is 25.0 Å². The monoisotopic (exact) mass is 521 g/mol. The lowest BCUT2D eigenvalue weighted by Crippen LogP contribution is -2.41. The molecule has 3 atom stereocenters. The molecule has 12 nitrogen and oxygen atoms in total. The first-order valence-corrected chi connectivity index (χ1v) is 10.3. The topological polar surface area (TPSA) is 180 Å². The van der Waals surface area contributed by atoms with E-state index in [0.29, 0.717) is 16.7 Å². The van der Waals surface area contributed by atoms with Gasteiger partial charge in [0.15, 0.2) is 17.2 Å². The maximum Gasteiger partial charge on any atom is 0.338 e. The molecule has 0 aliphatic carbocycles. The van der Waals surface area contributed by atoms with Crippen molar-refractivity contribution >= 4 is 51.5 Å². The summed E-state index contributed by atoms with van der Waals surface area (Å²) in [6, 6.07) is 8.54. The van der Waals surface area contributed by atoms with Crippen LogP contribution in [0.15, 0.2) is 41.8 Å². The molecular weight excluding hydrogens is 505 g/mol. The lowest BCUT2D eigenvalue weighted by Gasteiger charge is -2.27. The highest BCUT2D eigenvalue weighted by atomic mass is 127. The fourth-order valence-corrected chi connectivity index (χ4v) is 4.11. The van der Waals surface area contributed by atoms with Crippen LogP contribution in [0.5, 0.6) is 0 Å². The van der Waals surface area contributed by atoms with Gasteiger partial charge in [0.25, 0.3) is 0 Å². The fraction of sp³-hybridized carbons (Fsp3) is 0.294. The van der Waals surface area contributed by atoms with Gasteiger partial charge in [-0.15, -0.1) is 0 Å². The number of imidazole rings is 1. The van der Waals surface area contributed by atoms with Gasteiger partial charge in [0.05, 0.1) is 11.9 Å². The van der Waals surface area contributed by atoms with E-state index < -0.39 is 24.0 Å². The number of aromatic nitrogens is 4. The zero-order chi connectivity index (χ0) is 21.3. The maximum atomic E-state index is 12.6. The van der Waals surface area contributed by atoms with Crippen LogP contribution in [0.1, 0.15) is 23.0 Å². The lowest BCUT2D eigenvalue weighted by atomic mass is 10.1. The molecule has 2 aromatic heterocycles. The average Bonchev–Trinajstić information content (AvgIpc) is 3.31. The summed E-state index contributed by atoms with van der Waals surface area (Å²) in [5, 5.41) is 3.83. The standard InChI is InChI=1S/C17H16IN9O3/c18-7-17(25-26-21)10(29-15(28)9-4-2-1-3-5-9)6-11(30-17)27-8-22-12-13(19)23-16(20)24-14(12)27/h1-5,8,10-11H,6-7H2,(H4,19,20,23,24)/t10-,11+,17+/m0/s1. The minimum atomic E-state index is -1.40. The third-order valence-corrected chi connectivity index (χ3v) is 5.79. The Balaban J connectivity index is 1.69. The molecule has 0 saturated carbocycles. The molecule has 1 aromatic carbocycles. The molecule has 0 bridgehead atoms. The smallest absolute Gasteiger partial charge is 0.338 e. The number of nitrogens with zero attached hydrogens (tertiary/aromatic N) is 7. The third kappa shape index (κ3) is 3.46. The predicted octanol–water partition coefficient (Wildman–Crippen LogP) is 2.58. The Labute approximate surface area is 183 Å². The number of halogens is 1. The van der Waals surface area contributed by atoms with Crippen LogP contribution in [0.3, 0.4) is 0 Å². The second kappa shape index (κ2) is 7.93. The van der Waals surface area contributed by atoms with Crippen LogP contribution < -0.4 is 11.5 Å². The second-order valence-corrected chi connectivity index (χ2v) is 7.29. The van der Waals surface area contributed by atoms with Crippen LogP contribution >= 0.6 is 22.6 Å². The summed E-state index contributed by atoms with van der Waals surface area (Å²) in [6.45, 7) is 0. The number of anilines is 2. The summed E-state index contributed by atoms with van der Waals surface area (Å²) in [5.41, 5.74) is 20.4. The van der Waals surface area contributed by atoms with Gasteiger partial charge in [-0.1, -0.05) is 45.9 Å². The predicted molar refractivity (Wildman–Crippen MR) is 115 cm³/mol. The molecule has 30 heavy (non-hydrogen) atoms. The Kier molecular flexibility index (Phi) is 5.32. The molecule has 1 aliphatic rings. The Morgan fingerprint density at radius 3 is 2.87 bits per heavy atom. The van der Waals surface area contributed by atoms with Crippen molar-refractivity contribution in [2.24, 2.45) is 5.11 Å². The zero-order valence-electron chi connectivity index (χ0n) is 15.4. The normalized spacial score (nSPS) is 23.2. The number of azide groups is 1. The fourth-order valence-electron chi connectivity index (χ4n) is 3.28. The number of fused-ring (bicyclic) bond motifs is 1. The Hall–Kier alpha value is -3.16. The number of carbonyl (C=O) groups excluding carboxylic acids is 1. The number of hydrogen-bond donors (Lipinski definition) is 2. The quantitative estimate of drug-likeness (QED) is 0.128. The number of rotatable bonds is 5. The van der Waals surface area contributed by atoms with Gasteiger partial charge in [0.2, 0.25) is 5.95 Å². The van der Waals surface area contributed by atoms with Crippen LogP contribution in [-0.2, 0) is 9.47 Å². The summed E-state index contributed by atoms with van der Waals surface area (Å²) < 4.78 is 13.7. The van der Waals surface area contributed by atoms with Crippen molar-refractivity contribution in [3.63, 3.8) is 0 Å². The van der Waals surface area contributed by atoms with E-state index in [9.17, 15) is 4.79 Å². The maximum absolute atomic E-state index is 12.6. The second-order valence-electron chi connectivity index (χ2n) is 6.53. The van der Waals surface area contributed by atoms with Gasteiger partial charge in [-0.05, 0) is 17.7 Å². The number of nitrogen functional groups attached to an aromatic ring is 2. The molecule has 0 radical (unpaired) electrons. The minimum Gasteiger partial charge on any atom is -0.455 e. The molecule has 3 heterocycles. The van der Waals surface area contributed by atoms with Gasteiger partial charge in [0, 0.05) is 15.8 Å². The number of alkyl halides is 1. The highest BCUT2D eigenvalue weighted by Crippen LogP contribution is 2.42. The van der Waals surface area contributed by atoms with Crippen molar-refractivity contribution in [2.75, 3.05) is 15.9 Å². The van der Waals surface area contributed by atoms with Crippen LogP contribution in [-0.4, -0.2) is 41.7 Å². The lowest BCUT2D eigenvalue weighted by molar-refractivity contribution is -0.0844. The van der Waals surface area contributed by atoms with Crippen molar-refractivity contribution in [3.8, 4) is 0 Å². The molecule has 0 amide bonds. The number of carbonyl (C=O) groups is 1. The molecule has 1 fully saturated rings. The average molecular weight is 521 g/mol. The molecular formula is C17H16IN9O3. The SMILES string of the molecule is [N-]=[N+]=N[C@]1(CI)O[C@@H](n2cnc3c(N)nc(N)nc32)C[C@@H]1OC(=O)c1ccccc1. The highest BCUT2D eigenvalue weighted by Gasteiger charge is 2.51. The van der Waals surface area contributed by atoms with Gasteiger partial charge < -0.3 is 20.9 Å². The first-order valence-electron chi connectivity index (χ1n) is 8.79. The molecule has 0 spiro atoms. The van der Waals surface area contributed by atoms with Crippen LogP contribution in [0, 0.1) is 0 Å². The van der Waals surface area contributed by atoms with Crippen molar-refractivity contribution < 1.29 is 14.3 Å². The van der Waals surface area contributed by atoms with Gasteiger partial charge >= 0.3 is 5.97 Å². The van der Waals surface area contributed by atoms with Gasteiger partial charge in [0.1, 0.15) is 17.8 Å². The van der Waals surface area contributed by atoms with Crippen molar-refractivity contribution in [2.45, 2.75) is 24.5 Å². The highest BCUT2D eigenvalue weighted by molar-refractivity contribution is 14.1. The summed E-state index contributed by atoms with van der Waals surface area (Å²) >= 11 is 2.03. The summed E-state index contributed by atoms with van der Waals surface area (Å²) in [4.78, 5) is 27.8. The van der Waals surface area contributed by atoms with E-state index in [1.54, 1.807) is 34.9 Å². The van der Waals surface area contributed by atoms with E-state index in [1.807, 2.05) is 22.6 Å². The molecule has 154 valence electrons. The van der Waals surface area contributed by atoms with Crippen LogP contribution in [0.2, 0.25) is 0 Å². The van der Waals surface area contributed by atoms with Crippen molar-refractivity contribution in [1.82, 2.24) is 19.5 Å². The molecule has 1 aliphatic heterocycles. The minimum absolute atomic E-state index is 0.0120. The number of hydrogen-bond acceptors (Lipinski definition) is 9. The summed E-state index contributed by atoms with van der Waals surface area (Å²) in [6.07, 6.45) is 0.167. The molecule has 4 rings (SSSR count). The first kappa shape index (κ1) is 20.1. The van der Waals surface area contributed by atoms with Crippen molar-refractivity contribution in [3.05, 3.63) is 52.7 Å². The Bertz CT molecular complexity index is 1150. The van der Waals surface area contributed by atoms with Crippen LogP contribution in [0.4, 0.5) is 11.8 Å². The molecule has 3 aromatic rings. The number of benzene rings is 1. The Morgan fingerprint density at radius 2 is 2.17 bits per heavy atom. The molecule has 1 saturated heterocycles. The molecule has 13 heteroatoms. The molecule has 4 N–H and O–H groups in total. The van der Waals surface area contributed by atoms with E-state index in [4.69, 9.17) is 26.5 Å². The van der Waals surface area contributed by atoms with Gasteiger partial charge in [-0.3, -0.25) is 4.57 Å². The number of ether oxygens (including phenoxy) is 2. The zero-order valence-corrected chi connectivity index (χ0v) is 17.6. The first-order chi connectivity index (χ1) is 14.5. The largest absolute Gasteiger partial charge is 0.455 e. The van der Waals surface area contributed by atoms with Crippen molar-refractivity contribution in [1.29, 1.82) is 0 Å².